The van der Waals surface area contributed by atoms with Crippen molar-refractivity contribution in [1.29, 1.82) is 0 Å². The zero-order valence-electron chi connectivity index (χ0n) is 9.17. The standard InChI is InChI=1S/C3H8.3CH5N.CH4.B2.B/c1-3-2;3*1-2;;1-2;/h3H2,1-2H3;3*2H2,1H3;1H4;;. The molecule has 0 amide bonds. The van der Waals surface area contributed by atoms with Crippen LogP contribution in [-0.4, -0.2) is 45.0 Å². The van der Waals surface area contributed by atoms with Gasteiger partial charge in [-0.15, -0.1) is 0 Å². The van der Waals surface area contributed by atoms with Gasteiger partial charge >= 0.3 is 0 Å². The summed E-state index contributed by atoms with van der Waals surface area (Å²) in [7, 11) is 12.5. The monoisotopic (exact) mass is 186 g/mol. The maximum atomic E-state index is 4.50. The minimum atomic E-state index is 0. The fourth-order valence-corrected chi connectivity index (χ4v) is 0. The molecule has 0 unspecified atom stereocenters. The molecule has 3 nitrogen and oxygen atoms in total. The zero-order chi connectivity index (χ0) is 10.7. The molecule has 0 spiro atoms. The van der Waals surface area contributed by atoms with Crippen LogP contribution in [0.25, 0.3) is 0 Å². The lowest BCUT2D eigenvalue weighted by atomic mass is 9.81. The van der Waals surface area contributed by atoms with E-state index in [1.165, 1.54) is 27.6 Å². The molecule has 0 aliphatic heterocycles. The van der Waals surface area contributed by atoms with Crippen molar-refractivity contribution in [3.05, 3.63) is 0 Å². The van der Waals surface area contributed by atoms with E-state index in [-0.39, 0.29) is 15.8 Å². The van der Waals surface area contributed by atoms with Crippen molar-refractivity contribution in [1.82, 2.24) is 0 Å². The van der Waals surface area contributed by atoms with Crippen LogP contribution in [0.15, 0.2) is 0 Å². The Bertz CT molecular complexity index is 18.9. The van der Waals surface area contributed by atoms with Crippen molar-refractivity contribution in [3.8, 4) is 0 Å². The second kappa shape index (κ2) is 1280. The van der Waals surface area contributed by atoms with Crippen LogP contribution >= 0.6 is 0 Å². The van der Waals surface area contributed by atoms with E-state index in [2.05, 4.69) is 46.5 Å². The number of hydrogen-bond acceptors (Lipinski definition) is 3. The molecule has 0 heterocycles. The van der Waals surface area contributed by atoms with Crippen LogP contribution in [0.5, 0.6) is 0 Å². The van der Waals surface area contributed by atoms with E-state index in [1.807, 2.05) is 0 Å². The first-order valence-corrected chi connectivity index (χ1v) is 3.48. The topological polar surface area (TPSA) is 78.1 Å². The van der Waals surface area contributed by atoms with E-state index in [0.717, 1.165) is 0 Å². The second-order valence-electron chi connectivity index (χ2n) is 0.707. The van der Waals surface area contributed by atoms with Crippen molar-refractivity contribution in [2.75, 3.05) is 21.1 Å². The summed E-state index contributed by atoms with van der Waals surface area (Å²) in [4.78, 5) is 0. The first-order chi connectivity index (χ1) is 5.41. The Morgan fingerprint density at radius 3 is 0.769 bits per heavy atom. The van der Waals surface area contributed by atoms with Gasteiger partial charge in [0.05, 0.1) is 0 Å². The van der Waals surface area contributed by atoms with Gasteiger partial charge in [-0.05, 0) is 21.1 Å². The first-order valence-electron chi connectivity index (χ1n) is 3.48. The van der Waals surface area contributed by atoms with Crippen molar-refractivity contribution in [3.63, 3.8) is 0 Å². The van der Waals surface area contributed by atoms with E-state index in [1.54, 1.807) is 0 Å². The van der Waals surface area contributed by atoms with E-state index < -0.39 is 0 Å². The van der Waals surface area contributed by atoms with Crippen molar-refractivity contribution < 1.29 is 0 Å². The molecular formula is C7H27B3N3. The molecule has 0 bridgehead atoms. The third-order valence-electron chi connectivity index (χ3n) is 0. The molecule has 0 aromatic carbocycles. The van der Waals surface area contributed by atoms with Gasteiger partial charge in [0, 0.05) is 23.9 Å². The highest BCUT2D eigenvalue weighted by Crippen LogP contribution is 1.56. The van der Waals surface area contributed by atoms with Crippen LogP contribution in [-0.2, 0) is 0 Å². The molecule has 0 saturated heterocycles. The van der Waals surface area contributed by atoms with Gasteiger partial charge in [-0.1, -0.05) is 27.7 Å². The van der Waals surface area contributed by atoms with E-state index in [0.29, 0.717) is 0 Å². The van der Waals surface area contributed by atoms with Gasteiger partial charge in [0.25, 0.3) is 0 Å². The maximum Gasteiger partial charge on any atom is 0 e. The summed E-state index contributed by atoms with van der Waals surface area (Å²) >= 11 is 0. The predicted octanol–water partition coefficient (Wildman–Crippen LogP) is -0.365. The Kier molecular flexibility index (Phi) is 5090. The van der Waals surface area contributed by atoms with Gasteiger partial charge in [-0.25, -0.2) is 0 Å². The van der Waals surface area contributed by atoms with Gasteiger partial charge in [0.1, 0.15) is 0 Å². The molecule has 79 valence electrons. The Hall–Kier alpha value is 0.0748. The van der Waals surface area contributed by atoms with Gasteiger partial charge in [0.15, 0.2) is 0 Å². The lowest BCUT2D eigenvalue weighted by molar-refractivity contribution is 1.09. The summed E-state index contributed by atoms with van der Waals surface area (Å²) < 4.78 is 0. The largest absolute Gasteiger partial charge is 0.333 e. The highest BCUT2D eigenvalue weighted by atomic mass is 14.4. The Morgan fingerprint density at radius 1 is 0.769 bits per heavy atom. The average molecular weight is 186 g/mol. The highest BCUT2D eigenvalue weighted by molar-refractivity contribution is 6.75. The summed E-state index contributed by atoms with van der Waals surface area (Å²) in [6.45, 7) is 4.25. The molecule has 6 heteroatoms. The quantitative estimate of drug-likeness (QED) is 0.451. The SMILES string of the molecule is C.CCC.CN.CN.CN.[B].[B][B]. The lowest BCUT2D eigenvalue weighted by Gasteiger charge is -1.48. The molecule has 0 aliphatic carbocycles. The van der Waals surface area contributed by atoms with E-state index >= 15 is 0 Å². The summed E-state index contributed by atoms with van der Waals surface area (Å²) in [5.41, 5.74) is 13.5. The maximum absolute atomic E-state index is 4.50. The lowest BCUT2D eigenvalue weighted by Crippen LogP contribution is -1.69. The van der Waals surface area contributed by atoms with Crippen LogP contribution in [0.1, 0.15) is 27.7 Å². The average Bonchev–Trinajstić information content (AvgIpc) is 2.18. The Morgan fingerprint density at radius 2 is 0.769 bits per heavy atom. The third kappa shape index (κ3) is 219000. The summed E-state index contributed by atoms with van der Waals surface area (Å²) in [6.07, 6.45) is 1.25. The molecule has 7 radical (unpaired) electrons. The van der Waals surface area contributed by atoms with Crippen molar-refractivity contribution in [2.45, 2.75) is 27.7 Å². The summed E-state index contributed by atoms with van der Waals surface area (Å²) in [5, 5.41) is 0. The fourth-order valence-electron chi connectivity index (χ4n) is 0. The van der Waals surface area contributed by atoms with Crippen molar-refractivity contribution >= 4 is 23.9 Å². The number of rotatable bonds is 0. The Labute approximate surface area is 90.6 Å². The van der Waals surface area contributed by atoms with Crippen LogP contribution in [0, 0.1) is 0 Å². The van der Waals surface area contributed by atoms with Gasteiger partial charge in [0.2, 0.25) is 0 Å². The third-order valence-corrected chi connectivity index (χ3v) is 0. The van der Waals surface area contributed by atoms with Crippen LogP contribution in [0.3, 0.4) is 0 Å². The van der Waals surface area contributed by atoms with Crippen molar-refractivity contribution in [2.24, 2.45) is 17.2 Å². The van der Waals surface area contributed by atoms with Crippen LogP contribution < -0.4 is 17.2 Å². The number of hydrogen-bond donors (Lipinski definition) is 3. The summed E-state index contributed by atoms with van der Waals surface area (Å²) in [5.74, 6) is 0. The predicted molar refractivity (Wildman–Crippen MR) is 70.3 cm³/mol. The van der Waals surface area contributed by atoms with Crippen LogP contribution in [0.2, 0.25) is 0 Å². The molecule has 6 N–H and O–H groups in total. The fraction of sp³-hybridized carbons (Fsp3) is 1.00. The molecular weight excluding hydrogens is 159 g/mol. The molecule has 0 saturated carbocycles. The molecule has 0 aromatic rings. The van der Waals surface area contributed by atoms with Gasteiger partial charge in [-0.3, -0.25) is 0 Å². The molecule has 0 rings (SSSR count). The van der Waals surface area contributed by atoms with Gasteiger partial charge in [-0.2, -0.15) is 0 Å². The Balaban J connectivity index is -0.00000000676. The first kappa shape index (κ1) is 51.7. The minimum Gasteiger partial charge on any atom is -0.333 e. The molecule has 0 atom stereocenters. The molecule has 0 aromatic heterocycles. The zero-order valence-corrected chi connectivity index (χ0v) is 9.17. The normalized spacial score (nSPS) is 3.08. The smallest absolute Gasteiger partial charge is 0 e. The molecule has 0 fully saturated rings. The minimum absolute atomic E-state index is 0. The van der Waals surface area contributed by atoms with Crippen LogP contribution in [0.4, 0.5) is 0 Å². The van der Waals surface area contributed by atoms with E-state index in [9.17, 15) is 0 Å². The van der Waals surface area contributed by atoms with E-state index in [4.69, 9.17) is 0 Å². The molecule has 0 aliphatic rings. The number of nitrogens with two attached hydrogens (primary N) is 3. The summed E-state index contributed by atoms with van der Waals surface area (Å²) in [6, 6.07) is 0. The van der Waals surface area contributed by atoms with Gasteiger partial charge < -0.3 is 17.2 Å². The highest BCUT2D eigenvalue weighted by Gasteiger charge is 1.35. The second-order valence-corrected chi connectivity index (χ2v) is 0.707. The molecule has 13 heavy (non-hydrogen) atoms.